The first-order valence-corrected chi connectivity index (χ1v) is 5.78. The van der Waals surface area contributed by atoms with Gasteiger partial charge in [0.2, 0.25) is 0 Å². The first-order valence-electron chi connectivity index (χ1n) is 4.55. The largest absolute Gasteiger partial charge is 0.481 e. The quantitative estimate of drug-likeness (QED) is 0.776. The predicted octanol–water partition coefficient (Wildman–Crippen LogP) is 2.99. The topological polar surface area (TPSA) is 37.3 Å². The highest BCUT2D eigenvalue weighted by Crippen LogP contribution is 2.22. The van der Waals surface area contributed by atoms with Gasteiger partial charge in [-0.25, -0.2) is 0 Å². The van der Waals surface area contributed by atoms with Gasteiger partial charge in [0, 0.05) is 4.90 Å². The van der Waals surface area contributed by atoms with Crippen LogP contribution in [-0.2, 0) is 4.79 Å². The van der Waals surface area contributed by atoms with Crippen LogP contribution in [0.25, 0.3) is 0 Å². The maximum Gasteiger partial charge on any atom is 0.310 e. The Kier molecular flexibility index (Phi) is 4.01. The van der Waals surface area contributed by atoms with E-state index in [1.165, 1.54) is 0 Å². The zero-order chi connectivity index (χ0) is 10.6. The lowest BCUT2D eigenvalue weighted by atomic mass is 9.97. The minimum atomic E-state index is -0.746. The molecule has 0 fully saturated rings. The second kappa shape index (κ2) is 5.05. The number of hydrogen-bond acceptors (Lipinski definition) is 2. The SMILES string of the molecule is CCC(C(=O)O)c1ccc(SC)cc1. The van der Waals surface area contributed by atoms with Crippen molar-refractivity contribution in [1.82, 2.24) is 0 Å². The Morgan fingerprint density at radius 1 is 1.43 bits per heavy atom. The standard InChI is InChI=1S/C11H14O2S/c1-3-10(11(12)13)8-4-6-9(14-2)7-5-8/h4-7,10H,3H2,1-2H3,(H,12,13). The van der Waals surface area contributed by atoms with Crippen LogP contribution >= 0.6 is 11.8 Å². The van der Waals surface area contributed by atoms with Crippen LogP contribution in [0.5, 0.6) is 0 Å². The van der Waals surface area contributed by atoms with Gasteiger partial charge in [0.15, 0.2) is 0 Å². The molecule has 1 aromatic rings. The van der Waals surface area contributed by atoms with Crippen LogP contribution in [0.1, 0.15) is 24.8 Å². The van der Waals surface area contributed by atoms with Gasteiger partial charge in [-0.2, -0.15) is 0 Å². The smallest absolute Gasteiger partial charge is 0.310 e. The molecule has 1 rings (SSSR count). The third-order valence-corrected chi connectivity index (χ3v) is 2.97. The van der Waals surface area contributed by atoms with E-state index in [0.717, 1.165) is 10.5 Å². The molecule has 1 unspecified atom stereocenters. The maximum absolute atomic E-state index is 10.9. The van der Waals surface area contributed by atoms with Gasteiger partial charge in [-0.05, 0) is 30.4 Å². The summed E-state index contributed by atoms with van der Waals surface area (Å²) in [7, 11) is 0. The summed E-state index contributed by atoms with van der Waals surface area (Å²) in [5, 5.41) is 8.95. The van der Waals surface area contributed by atoms with E-state index in [1.807, 2.05) is 37.4 Å². The number of hydrogen-bond donors (Lipinski definition) is 1. The van der Waals surface area contributed by atoms with E-state index >= 15 is 0 Å². The second-order valence-corrected chi connectivity index (χ2v) is 3.95. The first kappa shape index (κ1) is 11.1. The lowest BCUT2D eigenvalue weighted by molar-refractivity contribution is -0.138. The summed E-state index contributed by atoms with van der Waals surface area (Å²) in [4.78, 5) is 12.0. The fraction of sp³-hybridized carbons (Fsp3) is 0.364. The van der Waals surface area contributed by atoms with E-state index in [-0.39, 0.29) is 5.92 Å². The van der Waals surface area contributed by atoms with Crippen molar-refractivity contribution < 1.29 is 9.90 Å². The molecule has 0 heterocycles. The van der Waals surface area contributed by atoms with Crippen LogP contribution in [-0.4, -0.2) is 17.3 Å². The molecule has 1 atom stereocenters. The summed E-state index contributed by atoms with van der Waals surface area (Å²) >= 11 is 1.66. The molecule has 0 saturated heterocycles. The highest BCUT2D eigenvalue weighted by Gasteiger charge is 2.16. The summed E-state index contributed by atoms with van der Waals surface area (Å²) < 4.78 is 0. The molecule has 0 aromatic heterocycles. The number of rotatable bonds is 4. The number of carboxylic acids is 1. The highest BCUT2D eigenvalue weighted by atomic mass is 32.2. The van der Waals surface area contributed by atoms with Crippen molar-refractivity contribution in [3.05, 3.63) is 29.8 Å². The Morgan fingerprint density at radius 3 is 2.36 bits per heavy atom. The van der Waals surface area contributed by atoms with Gasteiger partial charge < -0.3 is 5.11 Å². The molecule has 76 valence electrons. The molecule has 14 heavy (non-hydrogen) atoms. The van der Waals surface area contributed by atoms with Crippen molar-refractivity contribution in [2.24, 2.45) is 0 Å². The summed E-state index contributed by atoms with van der Waals surface area (Å²) in [5.74, 6) is -1.12. The molecule has 2 nitrogen and oxygen atoms in total. The van der Waals surface area contributed by atoms with Crippen LogP contribution in [0.2, 0.25) is 0 Å². The Hall–Kier alpha value is -0.960. The summed E-state index contributed by atoms with van der Waals surface area (Å²) in [6.07, 6.45) is 2.64. The Morgan fingerprint density at radius 2 is 2.00 bits per heavy atom. The summed E-state index contributed by atoms with van der Waals surface area (Å²) in [6, 6.07) is 7.72. The lowest BCUT2D eigenvalue weighted by Gasteiger charge is -2.09. The van der Waals surface area contributed by atoms with Crippen molar-refractivity contribution in [3.8, 4) is 0 Å². The Labute approximate surface area is 88.3 Å². The van der Waals surface area contributed by atoms with Gasteiger partial charge in [-0.15, -0.1) is 11.8 Å². The van der Waals surface area contributed by atoms with Gasteiger partial charge >= 0.3 is 5.97 Å². The lowest BCUT2D eigenvalue weighted by Crippen LogP contribution is -2.10. The zero-order valence-corrected chi connectivity index (χ0v) is 9.17. The highest BCUT2D eigenvalue weighted by molar-refractivity contribution is 7.98. The predicted molar refractivity (Wildman–Crippen MR) is 58.9 cm³/mol. The third-order valence-electron chi connectivity index (χ3n) is 2.22. The first-order chi connectivity index (χ1) is 6.69. The van der Waals surface area contributed by atoms with Gasteiger partial charge in [-0.3, -0.25) is 4.79 Å². The van der Waals surface area contributed by atoms with E-state index in [1.54, 1.807) is 11.8 Å². The maximum atomic E-state index is 10.9. The Bertz CT molecular complexity index is 306. The minimum Gasteiger partial charge on any atom is -0.481 e. The molecule has 0 amide bonds. The van der Waals surface area contributed by atoms with Crippen molar-refractivity contribution in [2.45, 2.75) is 24.2 Å². The van der Waals surface area contributed by atoms with E-state index in [0.29, 0.717) is 6.42 Å². The fourth-order valence-corrected chi connectivity index (χ4v) is 1.80. The zero-order valence-electron chi connectivity index (χ0n) is 8.36. The third kappa shape index (κ3) is 2.51. The van der Waals surface area contributed by atoms with Crippen molar-refractivity contribution in [1.29, 1.82) is 0 Å². The molecule has 0 aliphatic carbocycles. The van der Waals surface area contributed by atoms with E-state index < -0.39 is 5.97 Å². The molecule has 3 heteroatoms. The fourth-order valence-electron chi connectivity index (χ4n) is 1.39. The van der Waals surface area contributed by atoms with E-state index in [2.05, 4.69) is 0 Å². The second-order valence-electron chi connectivity index (χ2n) is 3.07. The van der Waals surface area contributed by atoms with Crippen LogP contribution in [0.15, 0.2) is 29.2 Å². The number of thioether (sulfide) groups is 1. The molecule has 0 spiro atoms. The van der Waals surface area contributed by atoms with Gasteiger partial charge in [0.1, 0.15) is 0 Å². The molecule has 0 radical (unpaired) electrons. The number of carboxylic acid groups (broad SMARTS) is 1. The molecule has 1 aromatic carbocycles. The molecular weight excluding hydrogens is 196 g/mol. The van der Waals surface area contributed by atoms with Gasteiger partial charge in [0.25, 0.3) is 0 Å². The number of benzene rings is 1. The van der Waals surface area contributed by atoms with Crippen molar-refractivity contribution in [2.75, 3.05) is 6.26 Å². The Balaban J connectivity index is 2.89. The van der Waals surface area contributed by atoms with Gasteiger partial charge in [-0.1, -0.05) is 19.1 Å². The monoisotopic (exact) mass is 210 g/mol. The number of aliphatic carboxylic acids is 1. The molecular formula is C11H14O2S. The molecule has 1 N–H and O–H groups in total. The number of carbonyl (C=O) groups is 1. The molecule has 0 aliphatic rings. The average Bonchev–Trinajstić information content (AvgIpc) is 2.19. The van der Waals surface area contributed by atoms with E-state index in [4.69, 9.17) is 5.11 Å². The van der Waals surface area contributed by atoms with E-state index in [9.17, 15) is 4.79 Å². The average molecular weight is 210 g/mol. The minimum absolute atomic E-state index is 0.370. The van der Waals surface area contributed by atoms with Crippen LogP contribution in [0.4, 0.5) is 0 Å². The molecule has 0 bridgehead atoms. The van der Waals surface area contributed by atoms with Crippen LogP contribution < -0.4 is 0 Å². The van der Waals surface area contributed by atoms with Crippen LogP contribution in [0, 0.1) is 0 Å². The normalized spacial score (nSPS) is 12.4. The van der Waals surface area contributed by atoms with Crippen molar-refractivity contribution >= 4 is 17.7 Å². The summed E-state index contributed by atoms with van der Waals surface area (Å²) in [5.41, 5.74) is 0.887. The van der Waals surface area contributed by atoms with Gasteiger partial charge in [0.05, 0.1) is 5.92 Å². The molecule has 0 aliphatic heterocycles. The summed E-state index contributed by atoms with van der Waals surface area (Å²) in [6.45, 7) is 1.89. The molecule has 0 saturated carbocycles. The van der Waals surface area contributed by atoms with Crippen molar-refractivity contribution in [3.63, 3.8) is 0 Å². The van der Waals surface area contributed by atoms with Crippen LogP contribution in [0.3, 0.4) is 0 Å².